The number of anilines is 1. The summed E-state index contributed by atoms with van der Waals surface area (Å²) in [6, 6.07) is 6.73. The molecule has 0 spiro atoms. The fourth-order valence-electron chi connectivity index (χ4n) is 3.82. The molecular weight excluding hydrogens is 512 g/mol. The molecule has 0 bridgehead atoms. The summed E-state index contributed by atoms with van der Waals surface area (Å²) in [6.45, 7) is 10.9. The maximum atomic E-state index is 9.93. The summed E-state index contributed by atoms with van der Waals surface area (Å²) in [4.78, 5) is 7.33. The Hall–Kier alpha value is -1.76. The first-order valence-corrected chi connectivity index (χ1v) is 14.1. The molecule has 0 aromatic carbocycles. The molecule has 1 saturated heterocycles. The number of pyridine rings is 1. The monoisotopic (exact) mass is 537 g/mol. The molecule has 2 atom stereocenters. The number of nitrogens with zero attached hydrogens (tertiary/aromatic N) is 7. The Kier molecular flexibility index (Phi) is 6.02. The first-order chi connectivity index (χ1) is 14.4. The minimum absolute atomic E-state index is 0.214. The number of aryl methyl sites for hydroxylation is 1. The fraction of sp³-hybridized carbons (Fsp3) is 0.500. The Morgan fingerprint density at radius 2 is 2.20 bits per heavy atom. The van der Waals surface area contributed by atoms with Gasteiger partial charge in [-0.15, -0.1) is 0 Å². The van der Waals surface area contributed by atoms with Gasteiger partial charge in [-0.2, -0.15) is 15.5 Å². The molecule has 3 aromatic heterocycles. The average Bonchev–Trinajstić information content (AvgIpc) is 3.37. The smallest absolute Gasteiger partial charge is 0.139 e. The molecule has 10 heteroatoms. The molecule has 0 saturated carbocycles. The SMILES string of the molecule is CCn1nc(-c2ccn(PI)n2)c2nc(N3CCOC[C@H]3C)cc(C(C)(C)C#N)c21. The summed E-state index contributed by atoms with van der Waals surface area (Å²) in [6.07, 6.45) is 2.48. The number of nitriles is 1. The molecule has 4 rings (SSSR count). The molecule has 30 heavy (non-hydrogen) atoms. The predicted octanol–water partition coefficient (Wildman–Crippen LogP) is 4.13. The van der Waals surface area contributed by atoms with Crippen LogP contribution in [0.1, 0.15) is 33.3 Å². The maximum Gasteiger partial charge on any atom is 0.139 e. The second kappa shape index (κ2) is 8.40. The van der Waals surface area contributed by atoms with Gasteiger partial charge in [0.25, 0.3) is 0 Å². The first-order valence-electron chi connectivity index (χ1n) is 10.00. The number of rotatable bonds is 5. The van der Waals surface area contributed by atoms with Crippen molar-refractivity contribution in [2.75, 3.05) is 24.7 Å². The van der Waals surface area contributed by atoms with Crippen molar-refractivity contribution in [3.05, 3.63) is 23.9 Å². The Morgan fingerprint density at radius 1 is 1.40 bits per heavy atom. The van der Waals surface area contributed by atoms with E-state index in [4.69, 9.17) is 14.8 Å². The van der Waals surface area contributed by atoms with Gasteiger partial charge in [-0.3, -0.25) is 4.68 Å². The second-order valence-electron chi connectivity index (χ2n) is 7.97. The predicted molar refractivity (Wildman–Crippen MR) is 128 cm³/mol. The number of hydrogen-bond acceptors (Lipinski definition) is 6. The van der Waals surface area contributed by atoms with Crippen molar-refractivity contribution in [1.29, 1.82) is 5.26 Å². The summed E-state index contributed by atoms with van der Waals surface area (Å²) >= 11 is 2.31. The summed E-state index contributed by atoms with van der Waals surface area (Å²) in [5, 5.41) is 19.5. The molecule has 0 radical (unpaired) electrons. The molecule has 0 N–H and O–H groups in total. The van der Waals surface area contributed by atoms with Gasteiger partial charge in [-0.05, 0) is 61.9 Å². The van der Waals surface area contributed by atoms with Crippen LogP contribution in [0.5, 0.6) is 0 Å². The van der Waals surface area contributed by atoms with Gasteiger partial charge >= 0.3 is 0 Å². The Balaban J connectivity index is 2.01. The van der Waals surface area contributed by atoms with E-state index in [2.05, 4.69) is 58.0 Å². The van der Waals surface area contributed by atoms with Crippen LogP contribution in [0.25, 0.3) is 22.4 Å². The standard InChI is InChI=1S/C20H25IN7OP/c1-5-27-19-14(20(3,4)12-22)10-16(26-8-9-29-11-13(26)2)23-18(19)17(25-27)15-6-7-28(24-15)30-21/h6-7,10,13,30H,5,8-9,11H2,1-4H3/t13-/m1/s1. The van der Waals surface area contributed by atoms with Gasteiger partial charge in [0.15, 0.2) is 0 Å². The van der Waals surface area contributed by atoms with Crippen LogP contribution >= 0.6 is 28.4 Å². The van der Waals surface area contributed by atoms with E-state index in [9.17, 15) is 5.26 Å². The molecule has 3 aromatic rings. The lowest BCUT2D eigenvalue weighted by atomic mass is 9.85. The van der Waals surface area contributed by atoms with Gasteiger partial charge in [0.1, 0.15) is 22.7 Å². The highest BCUT2D eigenvalue weighted by Gasteiger charge is 2.31. The minimum atomic E-state index is -0.682. The van der Waals surface area contributed by atoms with Gasteiger partial charge in [0.05, 0.1) is 42.6 Å². The molecular formula is C20H25IN7OP. The molecule has 1 fully saturated rings. The summed E-state index contributed by atoms with van der Waals surface area (Å²) in [7, 11) is 0. The fourth-order valence-corrected chi connectivity index (χ4v) is 4.90. The van der Waals surface area contributed by atoms with Crippen LogP contribution in [0, 0.1) is 11.3 Å². The molecule has 0 aliphatic carbocycles. The van der Waals surface area contributed by atoms with Crippen molar-refractivity contribution in [2.45, 2.75) is 45.7 Å². The van der Waals surface area contributed by atoms with Crippen LogP contribution in [0.3, 0.4) is 0 Å². The second-order valence-corrected chi connectivity index (χ2v) is 10.0. The number of halogens is 1. The zero-order valence-corrected chi connectivity index (χ0v) is 20.7. The van der Waals surface area contributed by atoms with Crippen molar-refractivity contribution in [3.8, 4) is 17.5 Å². The molecule has 1 unspecified atom stereocenters. The van der Waals surface area contributed by atoms with E-state index in [1.54, 1.807) is 0 Å². The summed E-state index contributed by atoms with van der Waals surface area (Å²) < 4.78 is 9.47. The Bertz CT molecular complexity index is 1120. The van der Waals surface area contributed by atoms with Crippen molar-refractivity contribution in [1.82, 2.24) is 24.3 Å². The van der Waals surface area contributed by atoms with Crippen LogP contribution in [0.2, 0.25) is 0 Å². The zero-order valence-electron chi connectivity index (χ0n) is 17.6. The number of morpholine rings is 1. The van der Waals surface area contributed by atoms with Crippen LogP contribution in [0.4, 0.5) is 5.82 Å². The molecule has 158 valence electrons. The highest BCUT2D eigenvalue weighted by molar-refractivity contribution is 14.2. The van der Waals surface area contributed by atoms with Gasteiger partial charge in [0, 0.05) is 24.8 Å². The minimum Gasteiger partial charge on any atom is -0.377 e. The summed E-state index contributed by atoms with van der Waals surface area (Å²) in [5.74, 6) is 0.865. The van der Waals surface area contributed by atoms with E-state index < -0.39 is 5.41 Å². The molecule has 0 amide bonds. The number of fused-ring (bicyclic) bond motifs is 1. The zero-order chi connectivity index (χ0) is 21.5. The summed E-state index contributed by atoms with van der Waals surface area (Å²) in [5.41, 5.74) is 3.54. The highest BCUT2D eigenvalue weighted by Crippen LogP contribution is 2.37. The molecule has 4 heterocycles. The van der Waals surface area contributed by atoms with Crippen LogP contribution < -0.4 is 4.90 Å². The molecule has 1 aliphatic heterocycles. The van der Waals surface area contributed by atoms with Gasteiger partial charge in [-0.25, -0.2) is 9.44 Å². The van der Waals surface area contributed by atoms with Crippen molar-refractivity contribution in [2.24, 2.45) is 0 Å². The van der Waals surface area contributed by atoms with Crippen molar-refractivity contribution >= 4 is 45.3 Å². The number of aromatic nitrogens is 5. The van der Waals surface area contributed by atoms with Crippen LogP contribution in [-0.2, 0) is 16.7 Å². The molecule has 1 aliphatic rings. The maximum absolute atomic E-state index is 9.93. The Morgan fingerprint density at radius 3 is 2.83 bits per heavy atom. The van der Waals surface area contributed by atoms with Crippen LogP contribution in [0.15, 0.2) is 18.3 Å². The van der Waals surface area contributed by atoms with E-state index in [-0.39, 0.29) is 6.04 Å². The number of ether oxygens (including phenoxy) is 1. The third kappa shape index (κ3) is 3.70. The van der Waals surface area contributed by atoms with Gasteiger partial charge < -0.3 is 9.64 Å². The lowest BCUT2D eigenvalue weighted by Gasteiger charge is -2.35. The van der Waals surface area contributed by atoms with E-state index in [0.29, 0.717) is 26.1 Å². The normalized spacial score (nSPS) is 17.9. The topological polar surface area (TPSA) is 84.8 Å². The van der Waals surface area contributed by atoms with Gasteiger partial charge in [-0.1, -0.05) is 0 Å². The lowest BCUT2D eigenvalue weighted by molar-refractivity contribution is 0.0985. The Labute approximate surface area is 190 Å². The third-order valence-electron chi connectivity index (χ3n) is 5.51. The largest absolute Gasteiger partial charge is 0.377 e. The lowest BCUT2D eigenvalue weighted by Crippen LogP contribution is -2.44. The van der Waals surface area contributed by atoms with E-state index in [1.807, 2.05) is 35.2 Å². The molecule has 8 nitrogen and oxygen atoms in total. The van der Waals surface area contributed by atoms with E-state index in [1.165, 1.54) is 0 Å². The van der Waals surface area contributed by atoms with E-state index in [0.717, 1.165) is 40.3 Å². The first kappa shape index (κ1) is 21.5. The average molecular weight is 537 g/mol. The van der Waals surface area contributed by atoms with Gasteiger partial charge in [0.2, 0.25) is 0 Å². The van der Waals surface area contributed by atoms with Crippen molar-refractivity contribution in [3.63, 3.8) is 0 Å². The van der Waals surface area contributed by atoms with Crippen LogP contribution in [-0.4, -0.2) is 50.1 Å². The van der Waals surface area contributed by atoms with E-state index >= 15 is 0 Å². The number of hydrogen-bond donors (Lipinski definition) is 0. The quantitative estimate of drug-likeness (QED) is 0.360. The highest BCUT2D eigenvalue weighted by atomic mass is 127. The van der Waals surface area contributed by atoms with Crippen molar-refractivity contribution < 1.29 is 4.74 Å². The third-order valence-corrected chi connectivity index (χ3v) is 7.42.